The van der Waals surface area contributed by atoms with E-state index in [9.17, 15) is 24.0 Å². The summed E-state index contributed by atoms with van der Waals surface area (Å²) in [5, 5.41) is 0. The molecule has 0 radical (unpaired) electrons. The summed E-state index contributed by atoms with van der Waals surface area (Å²) in [6.07, 6.45) is 1.92. The van der Waals surface area contributed by atoms with Gasteiger partial charge in [0.2, 0.25) is 6.10 Å². The second-order valence-corrected chi connectivity index (χ2v) is 9.18. The number of pyridine rings is 1. The maximum atomic E-state index is 15.9. The van der Waals surface area contributed by atoms with Gasteiger partial charge in [0.1, 0.15) is 0 Å². The zero-order chi connectivity index (χ0) is 26.9. The van der Waals surface area contributed by atoms with Gasteiger partial charge >= 0.3 is 23.8 Å². The van der Waals surface area contributed by atoms with Crippen molar-refractivity contribution in [3.63, 3.8) is 0 Å². The number of hydrogen-bond acceptors (Lipinski definition) is 11. The molecular formula is C24H24FN3O10. The zero-order valence-corrected chi connectivity index (χ0v) is 20.0. The van der Waals surface area contributed by atoms with Crippen LogP contribution in [0.5, 0.6) is 0 Å². The van der Waals surface area contributed by atoms with Crippen LogP contribution in [-0.4, -0.2) is 56.9 Å². The van der Waals surface area contributed by atoms with Crippen LogP contribution in [0.1, 0.15) is 48.7 Å². The number of halogens is 1. The Bertz CT molecular complexity index is 1340. The lowest BCUT2D eigenvalue weighted by molar-refractivity contribution is -0.211. The van der Waals surface area contributed by atoms with Gasteiger partial charge in [0.25, 0.3) is 11.4 Å². The lowest BCUT2D eigenvalue weighted by atomic mass is 9.89. The van der Waals surface area contributed by atoms with Crippen molar-refractivity contribution in [2.75, 3.05) is 6.61 Å². The van der Waals surface area contributed by atoms with Crippen molar-refractivity contribution >= 4 is 18.1 Å². The fourth-order valence-electron chi connectivity index (χ4n) is 4.74. The molecule has 1 saturated carbocycles. The lowest BCUT2D eigenvalue weighted by Crippen LogP contribution is -2.43. The van der Waals surface area contributed by atoms with Gasteiger partial charge in [-0.2, -0.15) is 0 Å². The number of esters is 2. The van der Waals surface area contributed by atoms with E-state index >= 15 is 4.39 Å². The van der Waals surface area contributed by atoms with Crippen LogP contribution < -0.4 is 11.2 Å². The van der Waals surface area contributed by atoms with Gasteiger partial charge in [0, 0.05) is 24.7 Å². The topological polar surface area (TPSA) is 154 Å². The maximum absolute atomic E-state index is 15.9. The van der Waals surface area contributed by atoms with Crippen molar-refractivity contribution in [1.29, 1.82) is 0 Å². The highest BCUT2D eigenvalue weighted by Gasteiger charge is 2.65. The first-order chi connectivity index (χ1) is 18.3. The normalized spacial score (nSPS) is 26.8. The molecule has 1 aliphatic carbocycles. The van der Waals surface area contributed by atoms with Gasteiger partial charge in [-0.05, 0) is 25.0 Å². The second-order valence-electron chi connectivity index (χ2n) is 9.18. The Kier molecular flexibility index (Phi) is 6.97. The average Bonchev–Trinajstić information content (AvgIpc) is 3.44. The van der Waals surface area contributed by atoms with Crippen molar-refractivity contribution < 1.29 is 42.5 Å². The summed E-state index contributed by atoms with van der Waals surface area (Å²) < 4.78 is 42.9. The van der Waals surface area contributed by atoms with Gasteiger partial charge in [-0.1, -0.05) is 19.3 Å². The summed E-state index contributed by atoms with van der Waals surface area (Å²) in [5.41, 5.74) is -1.72. The first-order valence-corrected chi connectivity index (χ1v) is 12.1. The average molecular weight is 533 g/mol. The molecule has 0 bridgehead atoms. The molecule has 202 valence electrons. The zero-order valence-electron chi connectivity index (χ0n) is 20.0. The molecule has 4 heterocycles. The van der Waals surface area contributed by atoms with Crippen LogP contribution in [0, 0.1) is 5.92 Å². The molecule has 13 nitrogen and oxygen atoms in total. The second kappa shape index (κ2) is 10.4. The number of aromatic nitrogens is 3. The van der Waals surface area contributed by atoms with Crippen molar-refractivity contribution in [1.82, 2.24) is 14.1 Å². The van der Waals surface area contributed by atoms with E-state index in [4.69, 9.17) is 23.7 Å². The van der Waals surface area contributed by atoms with E-state index in [0.29, 0.717) is 17.4 Å². The van der Waals surface area contributed by atoms with E-state index < -0.39 is 67.0 Å². The van der Waals surface area contributed by atoms with Crippen LogP contribution in [0.2, 0.25) is 0 Å². The number of hydrogen-bond donors (Lipinski definition) is 0. The van der Waals surface area contributed by atoms with Gasteiger partial charge in [-0.3, -0.25) is 19.1 Å². The Morgan fingerprint density at radius 1 is 1.11 bits per heavy atom. The number of carbonyl (C=O) groups is 3. The summed E-state index contributed by atoms with van der Waals surface area (Å²) in [4.78, 5) is 65.8. The van der Waals surface area contributed by atoms with Gasteiger partial charge in [-0.15, -0.1) is 0 Å². The number of ether oxygens (including phenoxy) is 5. The van der Waals surface area contributed by atoms with Gasteiger partial charge in [0.05, 0.1) is 11.5 Å². The van der Waals surface area contributed by atoms with Crippen molar-refractivity contribution in [3.8, 4) is 0 Å². The number of rotatable bonds is 7. The Hall–Kier alpha value is -4.07. The summed E-state index contributed by atoms with van der Waals surface area (Å²) >= 11 is 0. The monoisotopic (exact) mass is 533 g/mol. The molecule has 4 atom stereocenters. The summed E-state index contributed by atoms with van der Waals surface area (Å²) in [5.74, 6) is -4.61. The minimum atomic E-state index is -2.88. The number of alkyl halides is 1. The highest BCUT2D eigenvalue weighted by Crippen LogP contribution is 2.44. The molecule has 0 unspecified atom stereocenters. The Labute approximate surface area is 214 Å². The molecular weight excluding hydrogens is 509 g/mol. The first-order valence-electron chi connectivity index (χ1n) is 12.1. The molecule has 2 aliphatic heterocycles. The van der Waals surface area contributed by atoms with Gasteiger partial charge < -0.3 is 23.7 Å². The standard InChI is InChI=1S/C24H24FN3O10/c25-24(12-34-21(31)15-7-4-9-26-11-15)18-17(36-23(33)37-18)19(38-24)27-10-8-16(29)28(22(27)32)13-35-20(30)14-5-2-1-3-6-14/h4,7-11,14,17-19H,1-3,5-6,12-13H2/t17-,18+,19-,24-/m1/s1. The van der Waals surface area contributed by atoms with E-state index in [0.717, 1.165) is 36.1 Å². The number of fused-ring (bicyclic) bond motifs is 1. The van der Waals surface area contributed by atoms with Crippen LogP contribution in [0.15, 0.2) is 46.4 Å². The summed E-state index contributed by atoms with van der Waals surface area (Å²) in [6.45, 7) is -1.66. The molecule has 2 aromatic rings. The number of nitrogens with zero attached hydrogens (tertiary/aromatic N) is 3. The third kappa shape index (κ3) is 4.90. The molecule has 0 N–H and O–H groups in total. The molecule has 38 heavy (non-hydrogen) atoms. The van der Waals surface area contributed by atoms with Crippen LogP contribution in [-0.2, 0) is 35.2 Å². The van der Waals surface area contributed by atoms with Crippen molar-refractivity contribution in [3.05, 3.63) is 63.2 Å². The van der Waals surface area contributed by atoms with E-state index in [2.05, 4.69) is 4.98 Å². The summed E-state index contributed by atoms with van der Waals surface area (Å²) in [7, 11) is 0. The van der Waals surface area contributed by atoms with E-state index in [1.165, 1.54) is 24.5 Å². The molecule has 3 aliphatic rings. The first kappa shape index (κ1) is 25.6. The van der Waals surface area contributed by atoms with Crippen molar-refractivity contribution in [2.45, 2.75) is 63.1 Å². The predicted octanol–water partition coefficient (Wildman–Crippen LogP) is 1.44. The SMILES string of the molecule is O=C1O[C@H]2[C@H](n3ccc(=O)n(COC(=O)C4CCCCC4)c3=O)O[C@](F)(COC(=O)c3cccnc3)[C@H]2O1. The lowest BCUT2D eigenvalue weighted by Gasteiger charge is -2.23. The Morgan fingerprint density at radius 3 is 2.63 bits per heavy atom. The fraction of sp³-hybridized carbons (Fsp3) is 0.500. The fourth-order valence-corrected chi connectivity index (χ4v) is 4.74. The van der Waals surface area contributed by atoms with Crippen molar-refractivity contribution in [2.24, 2.45) is 5.92 Å². The maximum Gasteiger partial charge on any atom is 0.509 e. The highest BCUT2D eigenvalue weighted by atomic mass is 19.2. The smallest absolute Gasteiger partial charge is 0.456 e. The molecule has 14 heteroatoms. The quantitative estimate of drug-likeness (QED) is 0.375. The molecule has 5 rings (SSSR count). The predicted molar refractivity (Wildman–Crippen MR) is 121 cm³/mol. The van der Waals surface area contributed by atoms with Gasteiger partial charge in [0.15, 0.2) is 25.7 Å². The number of carbonyl (C=O) groups excluding carboxylic acids is 3. The third-order valence-corrected chi connectivity index (χ3v) is 6.72. The van der Waals surface area contributed by atoms with Gasteiger partial charge in [-0.25, -0.2) is 23.3 Å². The molecule has 0 spiro atoms. The molecule has 2 saturated heterocycles. The van der Waals surface area contributed by atoms with Crippen LogP contribution >= 0.6 is 0 Å². The van der Waals surface area contributed by atoms with E-state index in [-0.39, 0.29) is 11.5 Å². The molecule has 3 fully saturated rings. The van der Waals surface area contributed by atoms with Crippen LogP contribution in [0.4, 0.5) is 9.18 Å². The molecule has 0 aromatic carbocycles. The minimum absolute atomic E-state index is 0.0490. The third-order valence-electron chi connectivity index (χ3n) is 6.72. The Morgan fingerprint density at radius 2 is 1.89 bits per heavy atom. The molecule has 2 aromatic heterocycles. The highest BCUT2D eigenvalue weighted by molar-refractivity contribution is 5.88. The van der Waals surface area contributed by atoms with E-state index in [1.54, 1.807) is 0 Å². The minimum Gasteiger partial charge on any atom is -0.456 e. The van der Waals surface area contributed by atoms with E-state index in [1.807, 2.05) is 0 Å². The van der Waals surface area contributed by atoms with Crippen LogP contribution in [0.25, 0.3) is 0 Å². The van der Waals surface area contributed by atoms with Crippen LogP contribution in [0.3, 0.4) is 0 Å². The largest absolute Gasteiger partial charge is 0.509 e. The summed E-state index contributed by atoms with van der Waals surface area (Å²) in [6, 6.07) is 3.89. The Balaban J connectivity index is 1.35. The molecule has 0 amide bonds.